The molecule has 0 bridgehead atoms. The van der Waals surface area contributed by atoms with Crippen molar-refractivity contribution in [2.75, 3.05) is 5.32 Å². The van der Waals surface area contributed by atoms with E-state index in [0.717, 1.165) is 22.6 Å². The standard InChI is InChI=1S/C23H19Cl2N3O/c1-14-4-7-20(8-5-14)28-15(2)10-17(16(28)3)11-18(13-26)23(29)27-22-12-19(24)6-9-21(22)25/h4-12H,1-3H3,(H,27,29)/b18-11+. The van der Waals surface area contributed by atoms with Crippen LogP contribution in [0.5, 0.6) is 0 Å². The topological polar surface area (TPSA) is 57.8 Å². The molecule has 1 heterocycles. The molecule has 3 aromatic rings. The number of carbonyl (C=O) groups is 1. The summed E-state index contributed by atoms with van der Waals surface area (Å²) in [6, 6.07) is 16.9. The second-order valence-electron chi connectivity index (χ2n) is 6.75. The first-order valence-corrected chi connectivity index (χ1v) is 9.70. The Bertz CT molecular complexity index is 1150. The quantitative estimate of drug-likeness (QED) is 0.397. The number of nitrogens with zero attached hydrogens (tertiary/aromatic N) is 2. The summed E-state index contributed by atoms with van der Waals surface area (Å²) >= 11 is 12.1. The van der Waals surface area contributed by atoms with Crippen molar-refractivity contribution < 1.29 is 4.79 Å². The van der Waals surface area contributed by atoms with Crippen molar-refractivity contribution in [2.45, 2.75) is 20.8 Å². The first-order chi connectivity index (χ1) is 13.8. The van der Waals surface area contributed by atoms with Crippen molar-refractivity contribution in [3.63, 3.8) is 0 Å². The molecule has 0 radical (unpaired) electrons. The Morgan fingerprint density at radius 1 is 1.07 bits per heavy atom. The number of nitriles is 1. The molecule has 0 saturated carbocycles. The summed E-state index contributed by atoms with van der Waals surface area (Å²) in [7, 11) is 0. The molecule has 0 unspecified atom stereocenters. The number of carbonyl (C=O) groups excluding carboxylic acids is 1. The van der Waals surface area contributed by atoms with Crippen LogP contribution in [-0.2, 0) is 4.79 Å². The van der Waals surface area contributed by atoms with Crippen LogP contribution in [-0.4, -0.2) is 10.5 Å². The number of benzene rings is 2. The van der Waals surface area contributed by atoms with E-state index in [9.17, 15) is 10.1 Å². The van der Waals surface area contributed by atoms with Gasteiger partial charge in [-0.05, 0) is 68.8 Å². The van der Waals surface area contributed by atoms with Gasteiger partial charge in [0, 0.05) is 22.1 Å². The molecule has 146 valence electrons. The van der Waals surface area contributed by atoms with E-state index in [1.54, 1.807) is 24.3 Å². The Balaban J connectivity index is 1.94. The minimum atomic E-state index is -0.545. The van der Waals surface area contributed by atoms with Crippen molar-refractivity contribution in [2.24, 2.45) is 0 Å². The summed E-state index contributed by atoms with van der Waals surface area (Å²) < 4.78 is 2.09. The van der Waals surface area contributed by atoms with Crippen molar-refractivity contribution in [1.82, 2.24) is 4.57 Å². The lowest BCUT2D eigenvalue weighted by atomic mass is 10.1. The normalized spacial score (nSPS) is 11.2. The van der Waals surface area contributed by atoms with E-state index in [1.165, 1.54) is 5.56 Å². The summed E-state index contributed by atoms with van der Waals surface area (Å²) in [5.74, 6) is -0.545. The summed E-state index contributed by atoms with van der Waals surface area (Å²) in [5.41, 5.74) is 5.28. The molecule has 2 aromatic carbocycles. The number of amides is 1. The number of aryl methyl sites for hydroxylation is 2. The van der Waals surface area contributed by atoms with E-state index in [1.807, 2.05) is 57.2 Å². The Morgan fingerprint density at radius 3 is 2.41 bits per heavy atom. The maximum absolute atomic E-state index is 12.6. The van der Waals surface area contributed by atoms with Gasteiger partial charge in [0.05, 0.1) is 10.7 Å². The third kappa shape index (κ3) is 4.54. The molecule has 0 aliphatic rings. The summed E-state index contributed by atoms with van der Waals surface area (Å²) in [5, 5.41) is 13.0. The second-order valence-corrected chi connectivity index (χ2v) is 7.59. The molecule has 0 saturated heterocycles. The second kappa shape index (κ2) is 8.57. The van der Waals surface area contributed by atoms with E-state index in [0.29, 0.717) is 15.7 Å². The minimum absolute atomic E-state index is 0.0230. The highest BCUT2D eigenvalue weighted by Gasteiger charge is 2.15. The fourth-order valence-electron chi connectivity index (χ4n) is 3.11. The monoisotopic (exact) mass is 423 g/mol. The van der Waals surface area contributed by atoms with Gasteiger partial charge in [-0.2, -0.15) is 5.26 Å². The first-order valence-electron chi connectivity index (χ1n) is 8.94. The summed E-state index contributed by atoms with van der Waals surface area (Å²) in [6.07, 6.45) is 1.58. The van der Waals surface area contributed by atoms with Crippen molar-refractivity contribution in [3.8, 4) is 11.8 Å². The number of nitrogens with one attached hydrogen (secondary N) is 1. The molecule has 0 aliphatic heterocycles. The molecule has 0 aliphatic carbocycles. The lowest BCUT2D eigenvalue weighted by Gasteiger charge is -2.10. The molecule has 6 heteroatoms. The van der Waals surface area contributed by atoms with Gasteiger partial charge in [-0.1, -0.05) is 40.9 Å². The van der Waals surface area contributed by atoms with Gasteiger partial charge in [0.1, 0.15) is 11.6 Å². The predicted octanol–water partition coefficient (Wildman–Crippen LogP) is 6.26. The maximum Gasteiger partial charge on any atom is 0.266 e. The minimum Gasteiger partial charge on any atom is -0.320 e. The summed E-state index contributed by atoms with van der Waals surface area (Å²) in [4.78, 5) is 12.6. The van der Waals surface area contributed by atoms with E-state index >= 15 is 0 Å². The van der Waals surface area contributed by atoms with Crippen LogP contribution in [0.2, 0.25) is 10.0 Å². The fraction of sp³-hybridized carbons (Fsp3) is 0.130. The zero-order valence-electron chi connectivity index (χ0n) is 16.3. The van der Waals surface area contributed by atoms with Crippen LogP contribution < -0.4 is 5.32 Å². The number of rotatable bonds is 4. The first kappa shape index (κ1) is 20.7. The maximum atomic E-state index is 12.6. The zero-order valence-corrected chi connectivity index (χ0v) is 17.8. The van der Waals surface area contributed by atoms with Crippen LogP contribution >= 0.6 is 23.2 Å². The zero-order chi connectivity index (χ0) is 21.1. The highest BCUT2D eigenvalue weighted by molar-refractivity contribution is 6.36. The number of halogens is 2. The van der Waals surface area contributed by atoms with E-state index < -0.39 is 5.91 Å². The van der Waals surface area contributed by atoms with Crippen LogP contribution in [0.3, 0.4) is 0 Å². The molecule has 3 rings (SSSR count). The largest absolute Gasteiger partial charge is 0.320 e. The average Bonchev–Trinajstić information content (AvgIpc) is 2.96. The van der Waals surface area contributed by atoms with Gasteiger partial charge in [0.15, 0.2) is 0 Å². The SMILES string of the molecule is Cc1ccc(-n2c(C)cc(/C=C(\C#N)C(=O)Nc3cc(Cl)ccc3Cl)c2C)cc1. The molecule has 29 heavy (non-hydrogen) atoms. The van der Waals surface area contributed by atoms with Gasteiger partial charge in [-0.25, -0.2) is 0 Å². The van der Waals surface area contributed by atoms with Gasteiger partial charge in [-0.3, -0.25) is 4.79 Å². The molecule has 0 spiro atoms. The van der Waals surface area contributed by atoms with Crippen molar-refractivity contribution in [1.29, 1.82) is 5.26 Å². The van der Waals surface area contributed by atoms with Gasteiger partial charge in [0.2, 0.25) is 0 Å². The van der Waals surface area contributed by atoms with Crippen LogP contribution in [0.1, 0.15) is 22.5 Å². The third-order valence-electron chi connectivity index (χ3n) is 4.60. The lowest BCUT2D eigenvalue weighted by Crippen LogP contribution is -2.13. The predicted molar refractivity (Wildman–Crippen MR) is 119 cm³/mol. The molecular weight excluding hydrogens is 405 g/mol. The fourth-order valence-corrected chi connectivity index (χ4v) is 3.45. The highest BCUT2D eigenvalue weighted by Crippen LogP contribution is 2.27. The van der Waals surface area contributed by atoms with Gasteiger partial charge in [-0.15, -0.1) is 0 Å². The lowest BCUT2D eigenvalue weighted by molar-refractivity contribution is -0.112. The molecule has 0 atom stereocenters. The van der Waals surface area contributed by atoms with Crippen LogP contribution in [0.25, 0.3) is 11.8 Å². The van der Waals surface area contributed by atoms with E-state index in [2.05, 4.69) is 9.88 Å². The van der Waals surface area contributed by atoms with Crippen LogP contribution in [0.15, 0.2) is 54.1 Å². The Kier molecular flexibility index (Phi) is 6.12. The Morgan fingerprint density at radius 2 is 1.76 bits per heavy atom. The molecule has 1 N–H and O–H groups in total. The molecule has 1 amide bonds. The van der Waals surface area contributed by atoms with Crippen molar-refractivity contribution >= 4 is 40.9 Å². The van der Waals surface area contributed by atoms with Gasteiger partial charge >= 0.3 is 0 Å². The smallest absolute Gasteiger partial charge is 0.266 e. The molecule has 1 aromatic heterocycles. The van der Waals surface area contributed by atoms with Crippen LogP contribution in [0.4, 0.5) is 5.69 Å². The summed E-state index contributed by atoms with van der Waals surface area (Å²) in [6.45, 7) is 5.98. The van der Waals surface area contributed by atoms with E-state index in [-0.39, 0.29) is 5.57 Å². The van der Waals surface area contributed by atoms with E-state index in [4.69, 9.17) is 23.2 Å². The van der Waals surface area contributed by atoms with Crippen molar-refractivity contribution in [3.05, 3.63) is 86.7 Å². The Hall–Kier alpha value is -3.00. The Labute approximate surface area is 180 Å². The number of anilines is 1. The molecule has 0 fully saturated rings. The van der Waals surface area contributed by atoms with Gasteiger partial charge < -0.3 is 9.88 Å². The number of aromatic nitrogens is 1. The number of hydrogen-bond donors (Lipinski definition) is 1. The average molecular weight is 424 g/mol. The molecule has 4 nitrogen and oxygen atoms in total. The third-order valence-corrected chi connectivity index (χ3v) is 5.17. The highest BCUT2D eigenvalue weighted by atomic mass is 35.5. The van der Waals surface area contributed by atoms with Gasteiger partial charge in [0.25, 0.3) is 5.91 Å². The number of hydrogen-bond acceptors (Lipinski definition) is 2. The molecular formula is C23H19Cl2N3O. The van der Waals surface area contributed by atoms with Crippen LogP contribution in [0, 0.1) is 32.1 Å².